The van der Waals surface area contributed by atoms with Gasteiger partial charge in [-0.25, -0.2) is 0 Å². The molecule has 112 valence electrons. The molecule has 5 nitrogen and oxygen atoms in total. The Kier molecular flexibility index (Phi) is 4.81. The van der Waals surface area contributed by atoms with Crippen molar-refractivity contribution < 1.29 is 4.79 Å². The molecular weight excluding hydrogens is 252 g/mol. The molecule has 1 amide bonds. The summed E-state index contributed by atoms with van der Waals surface area (Å²) < 4.78 is 1.71. The molecule has 0 bridgehead atoms. The van der Waals surface area contributed by atoms with E-state index in [-0.39, 0.29) is 5.91 Å². The molecule has 0 unspecified atom stereocenters. The van der Waals surface area contributed by atoms with Crippen molar-refractivity contribution in [2.75, 3.05) is 6.54 Å². The molecule has 0 spiro atoms. The lowest BCUT2D eigenvalue weighted by Crippen LogP contribution is -2.44. The number of carbonyl (C=O) groups excluding carboxylic acids is 1. The number of amides is 1. The fourth-order valence-corrected chi connectivity index (χ4v) is 3.07. The van der Waals surface area contributed by atoms with Gasteiger partial charge < -0.3 is 10.6 Å². The quantitative estimate of drug-likeness (QED) is 0.914. The van der Waals surface area contributed by atoms with Gasteiger partial charge in [0, 0.05) is 31.9 Å². The summed E-state index contributed by atoms with van der Waals surface area (Å²) in [5.74, 6) is 0.123. The predicted octanol–water partition coefficient (Wildman–Crippen LogP) is 1.85. The van der Waals surface area contributed by atoms with Gasteiger partial charge in [0.2, 0.25) is 0 Å². The Morgan fingerprint density at radius 1 is 1.45 bits per heavy atom. The molecule has 5 heteroatoms. The van der Waals surface area contributed by atoms with E-state index >= 15 is 0 Å². The molecule has 1 fully saturated rings. The van der Waals surface area contributed by atoms with Gasteiger partial charge >= 0.3 is 0 Å². The van der Waals surface area contributed by atoms with E-state index < -0.39 is 0 Å². The molecule has 0 atom stereocenters. The van der Waals surface area contributed by atoms with Crippen molar-refractivity contribution >= 4 is 5.91 Å². The van der Waals surface area contributed by atoms with Crippen molar-refractivity contribution in [2.45, 2.75) is 58.0 Å². The molecule has 1 saturated carbocycles. The van der Waals surface area contributed by atoms with Crippen molar-refractivity contribution in [1.82, 2.24) is 14.7 Å². The van der Waals surface area contributed by atoms with Crippen LogP contribution in [0.4, 0.5) is 0 Å². The molecule has 0 saturated heterocycles. The highest BCUT2D eigenvalue weighted by Crippen LogP contribution is 2.24. The van der Waals surface area contributed by atoms with Crippen LogP contribution in [0, 0.1) is 6.92 Å². The molecule has 20 heavy (non-hydrogen) atoms. The second-order valence-corrected chi connectivity index (χ2v) is 5.87. The van der Waals surface area contributed by atoms with E-state index in [0.717, 1.165) is 49.9 Å². The molecule has 1 aliphatic carbocycles. The maximum atomic E-state index is 12.8. The summed E-state index contributed by atoms with van der Waals surface area (Å²) in [4.78, 5) is 14.8. The van der Waals surface area contributed by atoms with Crippen LogP contribution in [0.2, 0.25) is 0 Å². The first-order chi connectivity index (χ1) is 9.52. The highest BCUT2D eigenvalue weighted by molar-refractivity contribution is 5.95. The summed E-state index contributed by atoms with van der Waals surface area (Å²) in [7, 11) is 1.85. The smallest absolute Gasteiger partial charge is 0.257 e. The highest BCUT2D eigenvalue weighted by Gasteiger charge is 2.29. The third kappa shape index (κ3) is 3.20. The average Bonchev–Trinajstić information content (AvgIpc) is 2.75. The van der Waals surface area contributed by atoms with E-state index in [1.54, 1.807) is 4.68 Å². The summed E-state index contributed by atoms with van der Waals surface area (Å²) in [6.45, 7) is 4.83. The van der Waals surface area contributed by atoms with Gasteiger partial charge in [-0.05, 0) is 39.0 Å². The lowest BCUT2D eigenvalue weighted by molar-refractivity contribution is 0.0626. The summed E-state index contributed by atoms with van der Waals surface area (Å²) >= 11 is 0. The van der Waals surface area contributed by atoms with Gasteiger partial charge in [-0.2, -0.15) is 5.10 Å². The molecular formula is C15H26N4O. The number of hydrogen-bond acceptors (Lipinski definition) is 3. The van der Waals surface area contributed by atoms with Crippen LogP contribution in [0.5, 0.6) is 0 Å². The van der Waals surface area contributed by atoms with Gasteiger partial charge in [0.05, 0.1) is 11.3 Å². The number of aryl methyl sites for hydroxylation is 2. The number of carbonyl (C=O) groups is 1. The minimum atomic E-state index is 0.123. The van der Waals surface area contributed by atoms with E-state index in [4.69, 9.17) is 5.73 Å². The Balaban J connectivity index is 2.15. The zero-order chi connectivity index (χ0) is 14.7. The molecule has 2 N–H and O–H groups in total. The summed E-state index contributed by atoms with van der Waals surface area (Å²) in [6.07, 6.45) is 6.88. The lowest BCUT2D eigenvalue weighted by Gasteiger charge is -2.36. The summed E-state index contributed by atoms with van der Waals surface area (Å²) in [5, 5.41) is 4.28. The number of nitrogens with two attached hydrogens (primary N) is 1. The number of rotatable bonds is 4. The van der Waals surface area contributed by atoms with Gasteiger partial charge in [-0.15, -0.1) is 0 Å². The maximum absolute atomic E-state index is 12.8. The molecule has 1 aromatic heterocycles. The monoisotopic (exact) mass is 278 g/mol. The fourth-order valence-electron chi connectivity index (χ4n) is 3.07. The molecule has 1 aromatic rings. The predicted molar refractivity (Wildman–Crippen MR) is 79.5 cm³/mol. The Morgan fingerprint density at radius 3 is 2.60 bits per heavy atom. The van der Waals surface area contributed by atoms with Gasteiger partial charge in [0.1, 0.15) is 0 Å². The van der Waals surface area contributed by atoms with Gasteiger partial charge in [-0.3, -0.25) is 9.48 Å². The highest BCUT2D eigenvalue weighted by atomic mass is 16.2. The molecule has 0 aliphatic heterocycles. The first-order valence-corrected chi connectivity index (χ1v) is 7.59. The molecule has 1 aliphatic rings. The normalized spacial score (nSPS) is 22.8. The zero-order valence-corrected chi connectivity index (χ0v) is 12.8. The fraction of sp³-hybridized carbons (Fsp3) is 0.733. The second kappa shape index (κ2) is 6.39. The lowest BCUT2D eigenvalue weighted by atomic mass is 9.90. The Bertz CT molecular complexity index is 460. The van der Waals surface area contributed by atoms with Crippen LogP contribution in [-0.2, 0) is 7.05 Å². The largest absolute Gasteiger partial charge is 0.336 e. The van der Waals surface area contributed by atoms with E-state index in [1.807, 2.05) is 25.1 Å². The van der Waals surface area contributed by atoms with Crippen molar-refractivity contribution in [2.24, 2.45) is 12.8 Å². The van der Waals surface area contributed by atoms with Crippen molar-refractivity contribution in [3.63, 3.8) is 0 Å². The average molecular weight is 278 g/mol. The van der Waals surface area contributed by atoms with Crippen LogP contribution < -0.4 is 5.73 Å². The van der Waals surface area contributed by atoms with Crippen molar-refractivity contribution in [3.05, 3.63) is 17.5 Å². The number of aromatic nitrogens is 2. The van der Waals surface area contributed by atoms with Crippen molar-refractivity contribution in [1.29, 1.82) is 0 Å². The zero-order valence-electron chi connectivity index (χ0n) is 12.8. The second-order valence-electron chi connectivity index (χ2n) is 5.87. The molecule has 0 radical (unpaired) electrons. The third-order valence-electron chi connectivity index (χ3n) is 4.15. The Morgan fingerprint density at radius 2 is 2.10 bits per heavy atom. The molecule has 1 heterocycles. The molecule has 0 aromatic carbocycles. The number of nitrogens with zero attached hydrogens (tertiary/aromatic N) is 3. The van der Waals surface area contributed by atoms with Crippen LogP contribution in [0.3, 0.4) is 0 Å². The first-order valence-electron chi connectivity index (χ1n) is 7.59. The summed E-state index contributed by atoms with van der Waals surface area (Å²) in [5.41, 5.74) is 7.51. The molecule has 2 rings (SSSR count). The minimum absolute atomic E-state index is 0.123. The van der Waals surface area contributed by atoms with Gasteiger partial charge in [0.15, 0.2) is 0 Å². The van der Waals surface area contributed by atoms with Gasteiger partial charge in [-0.1, -0.05) is 6.92 Å². The SMILES string of the molecule is CCCN(C(=O)c1cn(C)nc1C)C1CCC(N)CC1. The topological polar surface area (TPSA) is 64.2 Å². The maximum Gasteiger partial charge on any atom is 0.257 e. The van der Waals surface area contributed by atoms with Crippen LogP contribution in [0.1, 0.15) is 55.1 Å². The van der Waals surface area contributed by atoms with Crippen LogP contribution in [0.15, 0.2) is 6.20 Å². The van der Waals surface area contributed by atoms with E-state index in [9.17, 15) is 4.79 Å². The third-order valence-corrected chi connectivity index (χ3v) is 4.15. The van der Waals surface area contributed by atoms with E-state index in [1.165, 1.54) is 0 Å². The van der Waals surface area contributed by atoms with Crippen LogP contribution in [0.25, 0.3) is 0 Å². The Hall–Kier alpha value is -1.36. The van der Waals surface area contributed by atoms with Crippen molar-refractivity contribution in [3.8, 4) is 0 Å². The van der Waals surface area contributed by atoms with Crippen LogP contribution >= 0.6 is 0 Å². The minimum Gasteiger partial charge on any atom is -0.336 e. The van der Waals surface area contributed by atoms with Gasteiger partial charge in [0.25, 0.3) is 5.91 Å². The number of hydrogen-bond donors (Lipinski definition) is 1. The standard InChI is InChI=1S/C15H26N4O/c1-4-9-19(13-7-5-12(16)6-8-13)15(20)14-10-18(3)17-11(14)2/h10,12-13H,4-9,16H2,1-3H3. The summed E-state index contributed by atoms with van der Waals surface area (Å²) in [6, 6.07) is 0.645. The Labute approximate surface area is 121 Å². The van der Waals surface area contributed by atoms with Crippen LogP contribution in [-0.4, -0.2) is 39.2 Å². The van der Waals surface area contributed by atoms with E-state index in [2.05, 4.69) is 12.0 Å². The first kappa shape index (κ1) is 15.0. The van der Waals surface area contributed by atoms with E-state index in [0.29, 0.717) is 12.1 Å².